The Morgan fingerprint density at radius 2 is 1.67 bits per heavy atom. The van der Waals surface area contributed by atoms with E-state index in [0.717, 1.165) is 5.56 Å². The van der Waals surface area contributed by atoms with E-state index >= 15 is 0 Å². The number of benzene rings is 2. The number of aryl methyl sites for hydroxylation is 2. The van der Waals surface area contributed by atoms with Gasteiger partial charge in [0.25, 0.3) is 0 Å². The second-order valence-corrected chi connectivity index (χ2v) is 7.85. The molecule has 10 nitrogen and oxygen atoms in total. The number of ether oxygens (including phenoxy) is 2. The Morgan fingerprint density at radius 3 is 2.36 bits per heavy atom. The maximum atomic E-state index is 12.6. The zero-order valence-electron chi connectivity index (χ0n) is 17.4. The van der Waals surface area contributed by atoms with E-state index in [1.54, 1.807) is 24.3 Å². The van der Waals surface area contributed by atoms with E-state index in [-0.39, 0.29) is 17.3 Å². The van der Waals surface area contributed by atoms with Gasteiger partial charge in [0.2, 0.25) is 12.1 Å². The molecule has 10 heteroatoms. The predicted molar refractivity (Wildman–Crippen MR) is 113 cm³/mol. The molecule has 1 aliphatic heterocycles. The van der Waals surface area contributed by atoms with Crippen LogP contribution in [-0.4, -0.2) is 73.9 Å². The van der Waals surface area contributed by atoms with Crippen LogP contribution < -0.4 is 0 Å². The summed E-state index contributed by atoms with van der Waals surface area (Å²) in [6.07, 6.45) is -6.87. The van der Waals surface area contributed by atoms with Crippen LogP contribution in [0.4, 0.5) is 0 Å². The zero-order valence-corrected chi connectivity index (χ0v) is 17.4. The standard InChI is InChI=1S/C23H24O10/c24-10-18-19(27)20(28)21(29)23(32-18)33-22(30)17-9-14-13(15(26)7-8-16(14)31-17)6-3-11-1-4-12(25)5-2-11/h1-2,4-5,7-9,18-21,23-29H,3,6,10H2/t18-,19-,20+,21-,23+/m1/s1. The number of hydrogen-bond donors (Lipinski definition) is 6. The lowest BCUT2D eigenvalue weighted by molar-refractivity contribution is -0.285. The van der Waals surface area contributed by atoms with E-state index in [2.05, 4.69) is 0 Å². The molecular formula is C23H24O10. The molecule has 0 radical (unpaired) electrons. The number of carbonyl (C=O) groups excluding carboxylic acids is 1. The van der Waals surface area contributed by atoms with Crippen LogP contribution >= 0.6 is 0 Å². The minimum absolute atomic E-state index is 0.0240. The predicted octanol–water partition coefficient (Wildman–Crippen LogP) is 0.586. The molecule has 176 valence electrons. The van der Waals surface area contributed by atoms with Crippen molar-refractivity contribution in [3.05, 3.63) is 59.4 Å². The molecule has 1 aliphatic rings. The monoisotopic (exact) mass is 460 g/mol. The number of rotatable bonds is 6. The summed E-state index contributed by atoms with van der Waals surface area (Å²) in [5, 5.41) is 59.3. The smallest absolute Gasteiger partial charge is 0.376 e. The Kier molecular flexibility index (Phi) is 6.54. The molecule has 0 bridgehead atoms. The average Bonchev–Trinajstić information content (AvgIpc) is 3.24. The van der Waals surface area contributed by atoms with E-state index in [1.165, 1.54) is 18.2 Å². The molecular weight excluding hydrogens is 436 g/mol. The minimum atomic E-state index is -1.74. The molecule has 0 saturated carbocycles. The van der Waals surface area contributed by atoms with Crippen LogP contribution in [0.3, 0.4) is 0 Å². The second-order valence-electron chi connectivity index (χ2n) is 7.85. The molecule has 0 unspecified atom stereocenters. The van der Waals surface area contributed by atoms with Gasteiger partial charge in [0, 0.05) is 10.9 Å². The van der Waals surface area contributed by atoms with Crippen LogP contribution in [-0.2, 0) is 22.3 Å². The van der Waals surface area contributed by atoms with Gasteiger partial charge in [-0.2, -0.15) is 0 Å². The highest BCUT2D eigenvalue weighted by atomic mass is 16.7. The number of aliphatic hydroxyl groups is 4. The Hall–Kier alpha value is -3.15. The minimum Gasteiger partial charge on any atom is -0.508 e. The largest absolute Gasteiger partial charge is 0.508 e. The normalized spacial score (nSPS) is 25.3. The fourth-order valence-corrected chi connectivity index (χ4v) is 3.78. The first kappa shape index (κ1) is 23.0. The van der Waals surface area contributed by atoms with Gasteiger partial charge in [-0.05, 0) is 48.7 Å². The number of phenolic OH excluding ortho intramolecular Hbond substituents is 2. The van der Waals surface area contributed by atoms with E-state index in [9.17, 15) is 35.4 Å². The molecule has 4 rings (SSSR count). The maximum Gasteiger partial charge on any atom is 0.376 e. The zero-order chi connectivity index (χ0) is 23.7. The highest BCUT2D eigenvalue weighted by Crippen LogP contribution is 2.32. The molecule has 0 spiro atoms. The van der Waals surface area contributed by atoms with E-state index < -0.39 is 43.3 Å². The van der Waals surface area contributed by atoms with E-state index in [4.69, 9.17) is 13.9 Å². The van der Waals surface area contributed by atoms with E-state index in [1.807, 2.05) is 0 Å². The summed E-state index contributed by atoms with van der Waals surface area (Å²) >= 11 is 0. The number of phenols is 2. The SMILES string of the molecule is O=C(O[C@@H]1O[C@H](CO)[C@@H](O)[C@H](O)[C@H]1O)c1cc2c(CCc3ccc(O)cc3)c(O)ccc2o1. The van der Waals surface area contributed by atoms with Crippen LogP contribution in [0.25, 0.3) is 11.0 Å². The number of aliphatic hydroxyl groups excluding tert-OH is 4. The molecule has 0 aliphatic carbocycles. The van der Waals surface area contributed by atoms with Gasteiger partial charge in [-0.1, -0.05) is 12.1 Å². The lowest BCUT2D eigenvalue weighted by Gasteiger charge is -2.38. The fourth-order valence-electron chi connectivity index (χ4n) is 3.78. The summed E-state index contributed by atoms with van der Waals surface area (Å²) in [6, 6.07) is 11.0. The lowest BCUT2D eigenvalue weighted by atomic mass is 9.99. The quantitative estimate of drug-likeness (QED) is 0.286. The third-order valence-corrected chi connectivity index (χ3v) is 5.66. The fraction of sp³-hybridized carbons (Fsp3) is 0.348. The van der Waals surface area contributed by atoms with Crippen molar-refractivity contribution >= 4 is 16.9 Å². The van der Waals surface area contributed by atoms with Crippen LogP contribution in [0.2, 0.25) is 0 Å². The first-order chi connectivity index (χ1) is 15.8. The molecule has 2 aromatic carbocycles. The van der Waals surface area contributed by atoms with Crippen molar-refractivity contribution in [3.8, 4) is 11.5 Å². The molecule has 33 heavy (non-hydrogen) atoms. The molecule has 5 atom stereocenters. The van der Waals surface area contributed by atoms with Gasteiger partial charge < -0.3 is 44.5 Å². The number of hydrogen-bond acceptors (Lipinski definition) is 10. The van der Waals surface area contributed by atoms with E-state index in [0.29, 0.717) is 29.4 Å². The lowest BCUT2D eigenvalue weighted by Crippen LogP contribution is -2.59. The summed E-state index contributed by atoms with van der Waals surface area (Å²) < 4.78 is 15.8. The first-order valence-electron chi connectivity index (χ1n) is 10.3. The topological polar surface area (TPSA) is 170 Å². The van der Waals surface area contributed by atoms with Crippen molar-refractivity contribution in [2.24, 2.45) is 0 Å². The van der Waals surface area contributed by atoms with Crippen molar-refractivity contribution in [3.63, 3.8) is 0 Å². The van der Waals surface area contributed by atoms with Gasteiger partial charge >= 0.3 is 5.97 Å². The number of carbonyl (C=O) groups is 1. The molecule has 1 fully saturated rings. The van der Waals surface area contributed by atoms with Crippen LogP contribution in [0.5, 0.6) is 11.5 Å². The van der Waals surface area contributed by atoms with Crippen molar-refractivity contribution in [1.82, 2.24) is 0 Å². The molecule has 6 N–H and O–H groups in total. The molecule has 3 aromatic rings. The summed E-state index contributed by atoms with van der Waals surface area (Å²) in [6.45, 7) is -0.659. The van der Waals surface area contributed by atoms with Gasteiger partial charge in [-0.3, -0.25) is 0 Å². The maximum absolute atomic E-state index is 12.6. The summed E-state index contributed by atoms with van der Waals surface area (Å²) in [5.41, 5.74) is 1.82. The average molecular weight is 460 g/mol. The van der Waals surface area contributed by atoms with Crippen molar-refractivity contribution < 1.29 is 49.3 Å². The third-order valence-electron chi connectivity index (χ3n) is 5.66. The van der Waals surface area contributed by atoms with Crippen LogP contribution in [0.15, 0.2) is 46.9 Å². The number of fused-ring (bicyclic) bond motifs is 1. The Bertz CT molecular complexity index is 1120. The summed E-state index contributed by atoms with van der Waals surface area (Å²) in [5.74, 6) is -1.05. The molecule has 1 aromatic heterocycles. The van der Waals surface area contributed by atoms with Gasteiger partial charge in [-0.25, -0.2) is 4.79 Å². The van der Waals surface area contributed by atoms with Crippen molar-refractivity contribution in [2.45, 2.75) is 43.5 Å². The number of esters is 1. The first-order valence-corrected chi connectivity index (χ1v) is 10.3. The number of furan rings is 1. The van der Waals surface area contributed by atoms with Gasteiger partial charge in [0.05, 0.1) is 6.61 Å². The van der Waals surface area contributed by atoms with Gasteiger partial charge in [0.15, 0.2) is 0 Å². The van der Waals surface area contributed by atoms with Gasteiger partial charge in [0.1, 0.15) is 41.5 Å². The van der Waals surface area contributed by atoms with Crippen LogP contribution in [0.1, 0.15) is 21.7 Å². The van der Waals surface area contributed by atoms with Crippen molar-refractivity contribution in [1.29, 1.82) is 0 Å². The molecule has 1 saturated heterocycles. The van der Waals surface area contributed by atoms with Crippen LogP contribution in [0, 0.1) is 0 Å². The Morgan fingerprint density at radius 1 is 0.939 bits per heavy atom. The van der Waals surface area contributed by atoms with Crippen molar-refractivity contribution in [2.75, 3.05) is 6.61 Å². The molecule has 0 amide bonds. The Labute approximate surface area is 187 Å². The highest BCUT2D eigenvalue weighted by Gasteiger charge is 2.45. The van der Waals surface area contributed by atoms with Gasteiger partial charge in [-0.15, -0.1) is 0 Å². The molecule has 2 heterocycles. The second kappa shape index (κ2) is 9.38. The third kappa shape index (κ3) is 4.65. The Balaban J connectivity index is 1.53. The number of aromatic hydroxyl groups is 2. The summed E-state index contributed by atoms with van der Waals surface area (Å²) in [4.78, 5) is 12.6. The summed E-state index contributed by atoms with van der Waals surface area (Å²) in [7, 11) is 0. The highest BCUT2D eigenvalue weighted by molar-refractivity contribution is 5.94.